The van der Waals surface area contributed by atoms with Gasteiger partial charge in [-0.3, -0.25) is 9.59 Å². The maximum atomic E-state index is 12.6. The lowest BCUT2D eigenvalue weighted by Crippen LogP contribution is -2.46. The maximum Gasteiger partial charge on any atom is 0.309 e. The molecule has 0 fully saturated rings. The first kappa shape index (κ1) is 22.1. The minimum atomic E-state index is -0.963. The van der Waals surface area contributed by atoms with Crippen molar-refractivity contribution >= 4 is 11.9 Å². The summed E-state index contributed by atoms with van der Waals surface area (Å²) in [6.07, 6.45) is -0.876. The van der Waals surface area contributed by atoms with Crippen molar-refractivity contribution in [1.82, 2.24) is 5.32 Å². The fourth-order valence-corrected chi connectivity index (χ4v) is 2.42. The first-order valence-corrected chi connectivity index (χ1v) is 8.93. The molecule has 6 heteroatoms. The molecule has 0 radical (unpaired) electrons. The molecular formula is C20H31NO5. The zero-order chi connectivity index (χ0) is 19.7. The van der Waals surface area contributed by atoms with Crippen molar-refractivity contribution in [3.8, 4) is 0 Å². The average molecular weight is 365 g/mol. The largest absolute Gasteiger partial charge is 0.460 e. The monoisotopic (exact) mass is 365 g/mol. The Labute approximate surface area is 155 Å². The summed E-state index contributed by atoms with van der Waals surface area (Å²) in [5, 5.41) is 12.4. The van der Waals surface area contributed by atoms with Crippen LogP contribution in [0.25, 0.3) is 0 Å². The Bertz CT molecular complexity index is 565. The highest BCUT2D eigenvalue weighted by Gasteiger charge is 2.28. The summed E-state index contributed by atoms with van der Waals surface area (Å²) in [5.74, 6) is -0.929. The van der Waals surface area contributed by atoms with Crippen LogP contribution in [-0.2, 0) is 25.5 Å². The van der Waals surface area contributed by atoms with Crippen molar-refractivity contribution in [2.45, 2.75) is 71.3 Å². The molecule has 26 heavy (non-hydrogen) atoms. The van der Waals surface area contributed by atoms with Crippen LogP contribution < -0.4 is 5.32 Å². The van der Waals surface area contributed by atoms with Gasteiger partial charge >= 0.3 is 5.97 Å². The summed E-state index contributed by atoms with van der Waals surface area (Å²) in [6.45, 7) is 8.69. The zero-order valence-electron chi connectivity index (χ0n) is 16.3. The lowest BCUT2D eigenvalue weighted by atomic mass is 10.1. The first-order valence-electron chi connectivity index (χ1n) is 8.93. The second-order valence-corrected chi connectivity index (χ2v) is 7.54. The number of aliphatic hydroxyl groups excluding tert-OH is 1. The molecule has 0 spiro atoms. The van der Waals surface area contributed by atoms with Crippen LogP contribution in [0.15, 0.2) is 30.3 Å². The number of aliphatic hydroxyl groups is 1. The molecule has 1 amide bonds. The number of carbonyl (C=O) groups is 2. The van der Waals surface area contributed by atoms with Crippen LogP contribution in [0.5, 0.6) is 0 Å². The topological polar surface area (TPSA) is 84.9 Å². The van der Waals surface area contributed by atoms with E-state index in [1.165, 1.54) is 0 Å². The lowest BCUT2D eigenvalue weighted by molar-refractivity contribution is -0.162. The Kier molecular flexibility index (Phi) is 8.75. The molecule has 0 heterocycles. The molecule has 2 N–H and O–H groups in total. The van der Waals surface area contributed by atoms with Gasteiger partial charge in [0, 0.05) is 0 Å². The normalized spacial score (nSPS) is 14.0. The minimum absolute atomic E-state index is 0.176. The van der Waals surface area contributed by atoms with Crippen molar-refractivity contribution < 1.29 is 24.2 Å². The third kappa shape index (κ3) is 8.97. The van der Waals surface area contributed by atoms with Gasteiger partial charge in [-0.15, -0.1) is 0 Å². The van der Waals surface area contributed by atoms with Crippen molar-refractivity contribution in [3.63, 3.8) is 0 Å². The number of carbonyl (C=O) groups excluding carboxylic acids is 2. The van der Waals surface area contributed by atoms with E-state index >= 15 is 0 Å². The molecule has 0 saturated heterocycles. The van der Waals surface area contributed by atoms with E-state index in [0.717, 1.165) is 5.56 Å². The van der Waals surface area contributed by atoms with E-state index in [4.69, 9.17) is 9.47 Å². The molecule has 0 bridgehead atoms. The zero-order valence-corrected chi connectivity index (χ0v) is 16.3. The van der Waals surface area contributed by atoms with E-state index in [1.54, 1.807) is 34.6 Å². The third-order valence-corrected chi connectivity index (χ3v) is 3.39. The predicted molar refractivity (Wildman–Crippen MR) is 99.6 cm³/mol. The Morgan fingerprint density at radius 3 is 2.27 bits per heavy atom. The van der Waals surface area contributed by atoms with Gasteiger partial charge in [0.05, 0.1) is 25.2 Å². The van der Waals surface area contributed by atoms with Gasteiger partial charge < -0.3 is 19.9 Å². The van der Waals surface area contributed by atoms with E-state index in [9.17, 15) is 14.7 Å². The fourth-order valence-electron chi connectivity index (χ4n) is 2.42. The number of amides is 1. The molecule has 0 aliphatic carbocycles. The van der Waals surface area contributed by atoms with Crippen LogP contribution in [0.2, 0.25) is 0 Å². The number of nitrogens with one attached hydrogen (secondary N) is 1. The molecule has 2 atom stereocenters. The van der Waals surface area contributed by atoms with Crippen LogP contribution in [-0.4, -0.2) is 47.4 Å². The van der Waals surface area contributed by atoms with Crippen LogP contribution in [0.1, 0.15) is 46.6 Å². The summed E-state index contributed by atoms with van der Waals surface area (Å²) in [4.78, 5) is 24.7. The molecule has 146 valence electrons. The second kappa shape index (κ2) is 10.3. The smallest absolute Gasteiger partial charge is 0.309 e. The van der Waals surface area contributed by atoms with Crippen LogP contribution >= 0.6 is 0 Å². The summed E-state index contributed by atoms with van der Waals surface area (Å²) in [6, 6.07) is 9.11. The average Bonchev–Trinajstić information content (AvgIpc) is 2.52. The standard InChI is InChI=1S/C20H31NO5/c1-14(2)25-17(12-18(23)26-20(3,4)5)19(24)21-16(13-22)11-15-9-7-6-8-10-15/h6-10,14,16-17,22H,11-13H2,1-5H3,(H,21,24)/t16-,17+/m1/s1. The molecular weight excluding hydrogens is 334 g/mol. The van der Waals surface area contributed by atoms with Gasteiger partial charge in [-0.1, -0.05) is 30.3 Å². The highest BCUT2D eigenvalue weighted by molar-refractivity contribution is 5.86. The predicted octanol–water partition coefficient (Wildman–Crippen LogP) is 2.23. The molecule has 6 nitrogen and oxygen atoms in total. The van der Waals surface area contributed by atoms with Gasteiger partial charge in [0.2, 0.25) is 5.91 Å². The summed E-state index contributed by atoms with van der Waals surface area (Å²) in [7, 11) is 0. The number of hydrogen-bond acceptors (Lipinski definition) is 5. The highest BCUT2D eigenvalue weighted by Crippen LogP contribution is 2.12. The second-order valence-electron chi connectivity index (χ2n) is 7.54. The molecule has 0 saturated carbocycles. The van der Waals surface area contributed by atoms with E-state index in [2.05, 4.69) is 5.32 Å². The van der Waals surface area contributed by atoms with Crippen LogP contribution in [0.4, 0.5) is 0 Å². The maximum absolute atomic E-state index is 12.6. The molecule has 1 rings (SSSR count). The van der Waals surface area contributed by atoms with Gasteiger partial charge in [-0.05, 0) is 46.6 Å². The van der Waals surface area contributed by atoms with E-state index < -0.39 is 29.6 Å². The molecule has 0 aromatic heterocycles. The fraction of sp³-hybridized carbons (Fsp3) is 0.600. The van der Waals surface area contributed by atoms with E-state index in [0.29, 0.717) is 6.42 Å². The number of rotatable bonds is 9. The Morgan fingerprint density at radius 1 is 1.15 bits per heavy atom. The third-order valence-electron chi connectivity index (χ3n) is 3.39. The molecule has 0 unspecified atom stereocenters. The Hall–Kier alpha value is -1.92. The van der Waals surface area contributed by atoms with Crippen LogP contribution in [0.3, 0.4) is 0 Å². The molecule has 0 aliphatic heterocycles. The summed E-state index contributed by atoms with van der Waals surface area (Å²) >= 11 is 0. The quantitative estimate of drug-likeness (QED) is 0.656. The SMILES string of the molecule is CC(C)O[C@@H](CC(=O)OC(C)(C)C)C(=O)N[C@@H](CO)Cc1ccccc1. The van der Waals surface area contributed by atoms with E-state index in [1.807, 2.05) is 30.3 Å². The Balaban J connectivity index is 2.72. The summed E-state index contributed by atoms with van der Waals surface area (Å²) < 4.78 is 10.9. The van der Waals surface area contributed by atoms with Gasteiger partial charge in [-0.2, -0.15) is 0 Å². The van der Waals surface area contributed by atoms with Crippen molar-refractivity contribution in [2.24, 2.45) is 0 Å². The van der Waals surface area contributed by atoms with Gasteiger partial charge in [-0.25, -0.2) is 0 Å². The van der Waals surface area contributed by atoms with Gasteiger partial charge in [0.1, 0.15) is 11.7 Å². The van der Waals surface area contributed by atoms with Crippen molar-refractivity contribution in [1.29, 1.82) is 0 Å². The summed E-state index contributed by atoms with van der Waals surface area (Å²) in [5.41, 5.74) is 0.372. The van der Waals surface area contributed by atoms with Gasteiger partial charge in [0.15, 0.2) is 0 Å². The van der Waals surface area contributed by atoms with Gasteiger partial charge in [0.25, 0.3) is 0 Å². The first-order chi connectivity index (χ1) is 12.1. The lowest BCUT2D eigenvalue weighted by Gasteiger charge is -2.25. The molecule has 1 aromatic rings. The highest BCUT2D eigenvalue weighted by atomic mass is 16.6. The minimum Gasteiger partial charge on any atom is -0.460 e. The van der Waals surface area contributed by atoms with E-state index in [-0.39, 0.29) is 19.1 Å². The number of benzene rings is 1. The number of ether oxygens (including phenoxy) is 2. The number of esters is 1. The number of hydrogen-bond donors (Lipinski definition) is 2. The van der Waals surface area contributed by atoms with Crippen LogP contribution in [0, 0.1) is 0 Å². The van der Waals surface area contributed by atoms with Crippen molar-refractivity contribution in [2.75, 3.05) is 6.61 Å². The molecule has 1 aromatic carbocycles. The Morgan fingerprint density at radius 2 is 1.77 bits per heavy atom. The molecule has 0 aliphatic rings. The van der Waals surface area contributed by atoms with Crippen molar-refractivity contribution in [3.05, 3.63) is 35.9 Å².